The fraction of sp³-hybridized carbons (Fsp3) is 0.556. The van der Waals surface area contributed by atoms with E-state index >= 15 is 0 Å². The van der Waals surface area contributed by atoms with Crippen LogP contribution in [0.5, 0.6) is 0 Å². The molecule has 0 aliphatic heterocycles. The highest BCUT2D eigenvalue weighted by Gasteiger charge is 2.14. The number of rotatable bonds is 2. The summed E-state index contributed by atoms with van der Waals surface area (Å²) in [6.07, 6.45) is 0. The molecule has 1 N–H and O–H groups in total. The fourth-order valence-corrected chi connectivity index (χ4v) is 1.18. The topological polar surface area (TPSA) is 46.9 Å². The Morgan fingerprint density at radius 2 is 2.15 bits per heavy atom. The molecule has 1 aromatic heterocycles. The van der Waals surface area contributed by atoms with E-state index in [-0.39, 0.29) is 5.91 Å². The molecule has 13 heavy (non-hydrogen) atoms. The molecule has 4 nitrogen and oxygen atoms in total. The lowest BCUT2D eigenvalue weighted by Gasteiger charge is -2.00. The van der Waals surface area contributed by atoms with Gasteiger partial charge in [0, 0.05) is 19.3 Å². The van der Waals surface area contributed by atoms with Crippen molar-refractivity contribution in [3.05, 3.63) is 17.2 Å². The van der Waals surface area contributed by atoms with Crippen LogP contribution < -0.4 is 5.32 Å². The lowest BCUT2D eigenvalue weighted by atomic mass is 10.3. The number of nitrogens with zero attached hydrogens (tertiary/aromatic N) is 2. The van der Waals surface area contributed by atoms with Gasteiger partial charge in [-0.2, -0.15) is 0 Å². The molecule has 1 aromatic rings. The SMILES string of the molecule is CCNC(=O)c1nc(C)n(C)c1C. The molecular weight excluding hydrogens is 166 g/mol. The molecular formula is C9H15N3O. The molecule has 0 aliphatic carbocycles. The van der Waals surface area contributed by atoms with Crippen LogP contribution in [0, 0.1) is 13.8 Å². The van der Waals surface area contributed by atoms with Crippen LogP contribution >= 0.6 is 0 Å². The molecule has 0 atom stereocenters. The molecule has 0 saturated carbocycles. The van der Waals surface area contributed by atoms with Gasteiger partial charge in [-0.15, -0.1) is 0 Å². The zero-order chi connectivity index (χ0) is 10.0. The van der Waals surface area contributed by atoms with E-state index in [9.17, 15) is 4.79 Å². The monoisotopic (exact) mass is 181 g/mol. The Bertz CT molecular complexity index is 328. The molecule has 4 heteroatoms. The van der Waals surface area contributed by atoms with Gasteiger partial charge in [0.05, 0.1) is 0 Å². The van der Waals surface area contributed by atoms with E-state index in [1.54, 1.807) is 0 Å². The summed E-state index contributed by atoms with van der Waals surface area (Å²) in [4.78, 5) is 15.6. The highest BCUT2D eigenvalue weighted by molar-refractivity contribution is 5.93. The zero-order valence-corrected chi connectivity index (χ0v) is 8.51. The van der Waals surface area contributed by atoms with Crippen LogP contribution in [-0.4, -0.2) is 22.0 Å². The molecule has 0 spiro atoms. The van der Waals surface area contributed by atoms with E-state index in [0.29, 0.717) is 12.2 Å². The van der Waals surface area contributed by atoms with Crippen molar-refractivity contribution in [2.24, 2.45) is 7.05 Å². The Morgan fingerprint density at radius 1 is 1.54 bits per heavy atom. The third kappa shape index (κ3) is 1.71. The van der Waals surface area contributed by atoms with E-state index < -0.39 is 0 Å². The molecule has 0 saturated heterocycles. The highest BCUT2D eigenvalue weighted by atomic mass is 16.1. The van der Waals surface area contributed by atoms with Crippen molar-refractivity contribution in [3.8, 4) is 0 Å². The summed E-state index contributed by atoms with van der Waals surface area (Å²) in [6, 6.07) is 0. The number of hydrogen-bond acceptors (Lipinski definition) is 2. The van der Waals surface area contributed by atoms with Gasteiger partial charge < -0.3 is 9.88 Å². The highest BCUT2D eigenvalue weighted by Crippen LogP contribution is 2.07. The first kappa shape index (κ1) is 9.77. The van der Waals surface area contributed by atoms with Crippen molar-refractivity contribution >= 4 is 5.91 Å². The molecule has 0 aromatic carbocycles. The minimum absolute atomic E-state index is 0.0938. The van der Waals surface area contributed by atoms with Crippen LogP contribution in [0.3, 0.4) is 0 Å². The molecule has 0 bridgehead atoms. The summed E-state index contributed by atoms with van der Waals surface area (Å²) in [7, 11) is 1.90. The molecule has 0 unspecified atom stereocenters. The Hall–Kier alpha value is -1.32. The average Bonchev–Trinajstić information content (AvgIpc) is 2.33. The number of hydrogen-bond donors (Lipinski definition) is 1. The summed E-state index contributed by atoms with van der Waals surface area (Å²) in [5.74, 6) is 0.766. The second-order valence-electron chi connectivity index (χ2n) is 3.01. The Kier molecular flexibility index (Phi) is 2.70. The summed E-state index contributed by atoms with van der Waals surface area (Å²) in [6.45, 7) is 6.30. The van der Waals surface area contributed by atoms with Crippen LogP contribution in [0.25, 0.3) is 0 Å². The molecule has 0 fully saturated rings. The first-order chi connectivity index (χ1) is 6.07. The molecule has 0 aliphatic rings. The summed E-state index contributed by atoms with van der Waals surface area (Å²) in [5.41, 5.74) is 1.44. The first-order valence-corrected chi connectivity index (χ1v) is 4.36. The molecule has 1 heterocycles. The van der Waals surface area contributed by atoms with Crippen molar-refractivity contribution in [2.45, 2.75) is 20.8 Å². The van der Waals surface area contributed by atoms with Gasteiger partial charge in [0.15, 0.2) is 0 Å². The number of imidazole rings is 1. The number of carbonyl (C=O) groups excluding carboxylic acids is 1. The molecule has 1 amide bonds. The van der Waals surface area contributed by atoms with Crippen LogP contribution in [0.15, 0.2) is 0 Å². The Morgan fingerprint density at radius 3 is 2.54 bits per heavy atom. The van der Waals surface area contributed by atoms with Crippen molar-refractivity contribution in [1.82, 2.24) is 14.9 Å². The van der Waals surface area contributed by atoms with E-state index in [1.807, 2.05) is 32.4 Å². The average molecular weight is 181 g/mol. The predicted molar refractivity (Wildman–Crippen MR) is 50.7 cm³/mol. The number of carbonyl (C=O) groups is 1. The lowest BCUT2D eigenvalue weighted by Crippen LogP contribution is -2.23. The molecule has 72 valence electrons. The smallest absolute Gasteiger partial charge is 0.271 e. The normalized spacial score (nSPS) is 10.2. The van der Waals surface area contributed by atoms with Gasteiger partial charge in [-0.1, -0.05) is 0 Å². The number of nitrogens with one attached hydrogen (secondary N) is 1. The van der Waals surface area contributed by atoms with E-state index in [0.717, 1.165) is 11.5 Å². The van der Waals surface area contributed by atoms with Gasteiger partial charge in [-0.3, -0.25) is 4.79 Å². The van der Waals surface area contributed by atoms with Gasteiger partial charge in [0.1, 0.15) is 11.5 Å². The van der Waals surface area contributed by atoms with Crippen LogP contribution in [0.1, 0.15) is 28.9 Å². The van der Waals surface area contributed by atoms with Crippen molar-refractivity contribution < 1.29 is 4.79 Å². The maximum atomic E-state index is 11.4. The van der Waals surface area contributed by atoms with E-state index in [4.69, 9.17) is 0 Å². The first-order valence-electron chi connectivity index (χ1n) is 4.36. The van der Waals surface area contributed by atoms with E-state index in [2.05, 4.69) is 10.3 Å². The van der Waals surface area contributed by atoms with Crippen molar-refractivity contribution in [1.29, 1.82) is 0 Å². The largest absolute Gasteiger partial charge is 0.351 e. The maximum absolute atomic E-state index is 11.4. The number of amides is 1. The summed E-state index contributed by atoms with van der Waals surface area (Å²) in [5, 5.41) is 2.73. The van der Waals surface area contributed by atoms with Gasteiger partial charge in [0.25, 0.3) is 5.91 Å². The standard InChI is InChI=1S/C9H15N3O/c1-5-10-9(13)8-6(2)12(4)7(3)11-8/h5H2,1-4H3,(H,10,13). The summed E-state index contributed by atoms with van der Waals surface area (Å²) >= 11 is 0. The van der Waals surface area contributed by atoms with Crippen LogP contribution in [-0.2, 0) is 7.05 Å². The number of aryl methyl sites for hydroxylation is 1. The van der Waals surface area contributed by atoms with E-state index in [1.165, 1.54) is 0 Å². The molecule has 1 rings (SSSR count). The van der Waals surface area contributed by atoms with Crippen LogP contribution in [0.4, 0.5) is 0 Å². The zero-order valence-electron chi connectivity index (χ0n) is 8.51. The second-order valence-corrected chi connectivity index (χ2v) is 3.01. The third-order valence-corrected chi connectivity index (χ3v) is 2.16. The Balaban J connectivity index is 3.01. The Labute approximate surface area is 78.0 Å². The second kappa shape index (κ2) is 3.60. The minimum atomic E-state index is -0.0938. The van der Waals surface area contributed by atoms with Gasteiger partial charge in [-0.25, -0.2) is 4.98 Å². The van der Waals surface area contributed by atoms with Gasteiger partial charge >= 0.3 is 0 Å². The van der Waals surface area contributed by atoms with Crippen LogP contribution in [0.2, 0.25) is 0 Å². The third-order valence-electron chi connectivity index (χ3n) is 2.16. The quantitative estimate of drug-likeness (QED) is 0.733. The number of aromatic nitrogens is 2. The van der Waals surface area contributed by atoms with Gasteiger partial charge in [0.2, 0.25) is 0 Å². The maximum Gasteiger partial charge on any atom is 0.271 e. The summed E-state index contributed by atoms with van der Waals surface area (Å²) < 4.78 is 1.91. The van der Waals surface area contributed by atoms with Crippen molar-refractivity contribution in [3.63, 3.8) is 0 Å². The molecule has 0 radical (unpaired) electrons. The minimum Gasteiger partial charge on any atom is -0.351 e. The van der Waals surface area contributed by atoms with Crippen molar-refractivity contribution in [2.75, 3.05) is 6.54 Å². The predicted octanol–water partition coefficient (Wildman–Crippen LogP) is 0.787. The lowest BCUT2D eigenvalue weighted by molar-refractivity contribution is 0.0950. The van der Waals surface area contributed by atoms with Gasteiger partial charge in [-0.05, 0) is 20.8 Å². The fourth-order valence-electron chi connectivity index (χ4n) is 1.18.